The number of ether oxygens (including phenoxy) is 2. The molecule has 1 amide bonds. The highest BCUT2D eigenvalue weighted by molar-refractivity contribution is 5.85. The Morgan fingerprint density at radius 1 is 0.963 bits per heavy atom. The van der Waals surface area contributed by atoms with Crippen molar-refractivity contribution in [1.82, 2.24) is 5.32 Å². The Morgan fingerprint density at radius 2 is 1.56 bits per heavy atom. The van der Waals surface area contributed by atoms with Crippen molar-refractivity contribution in [2.45, 2.75) is 37.8 Å². The number of hydrogen-bond acceptors (Lipinski definition) is 4. The fourth-order valence-electron chi connectivity index (χ4n) is 3.33. The molecule has 2 aromatic carbocycles. The summed E-state index contributed by atoms with van der Waals surface area (Å²) in [5.41, 5.74) is 6.68. The molecule has 27 heavy (non-hydrogen) atoms. The van der Waals surface area contributed by atoms with Crippen molar-refractivity contribution in [2.24, 2.45) is 5.73 Å². The van der Waals surface area contributed by atoms with E-state index in [1.54, 1.807) is 0 Å². The maximum Gasteiger partial charge on any atom is 0.258 e. The Labute approximate surface area is 166 Å². The number of carbonyl (C=O) groups excluding carboxylic acids is 1. The topological polar surface area (TPSA) is 73.6 Å². The van der Waals surface area contributed by atoms with Crippen molar-refractivity contribution >= 4 is 18.3 Å². The van der Waals surface area contributed by atoms with E-state index in [1.807, 2.05) is 54.6 Å². The van der Waals surface area contributed by atoms with E-state index in [0.29, 0.717) is 24.7 Å². The molecule has 3 rings (SSSR count). The number of halogens is 1. The molecule has 0 unspecified atom stereocenters. The van der Waals surface area contributed by atoms with Crippen LogP contribution < -0.4 is 20.5 Å². The molecule has 0 aromatic heterocycles. The summed E-state index contributed by atoms with van der Waals surface area (Å²) >= 11 is 0. The van der Waals surface area contributed by atoms with Crippen molar-refractivity contribution in [1.29, 1.82) is 0 Å². The third kappa shape index (κ3) is 5.88. The van der Waals surface area contributed by atoms with Crippen LogP contribution in [0, 0.1) is 0 Å². The molecule has 146 valence electrons. The van der Waals surface area contributed by atoms with Gasteiger partial charge in [-0.1, -0.05) is 55.3 Å². The number of para-hydroxylation sites is 2. The number of amides is 1. The van der Waals surface area contributed by atoms with Crippen molar-refractivity contribution in [3.63, 3.8) is 0 Å². The zero-order valence-electron chi connectivity index (χ0n) is 15.4. The minimum atomic E-state index is -0.260. The van der Waals surface area contributed by atoms with E-state index in [1.165, 1.54) is 0 Å². The van der Waals surface area contributed by atoms with Gasteiger partial charge in [0.2, 0.25) is 0 Å². The van der Waals surface area contributed by atoms with Gasteiger partial charge in [0.25, 0.3) is 5.91 Å². The molecule has 2 aromatic rings. The molecular formula is C21H27ClN2O3. The first kappa shape index (κ1) is 21.1. The summed E-state index contributed by atoms with van der Waals surface area (Å²) in [4.78, 5) is 12.3. The average Bonchev–Trinajstić information content (AvgIpc) is 3.15. The molecule has 1 fully saturated rings. The fourth-order valence-corrected chi connectivity index (χ4v) is 3.33. The first-order valence-corrected chi connectivity index (χ1v) is 9.10. The molecule has 3 N–H and O–H groups in total. The van der Waals surface area contributed by atoms with E-state index >= 15 is 0 Å². The van der Waals surface area contributed by atoms with Crippen LogP contribution in [0.3, 0.4) is 0 Å². The third-order valence-electron chi connectivity index (χ3n) is 4.80. The largest absolute Gasteiger partial charge is 0.485 e. The Balaban J connectivity index is 0.00000261. The van der Waals surface area contributed by atoms with Crippen molar-refractivity contribution in [2.75, 3.05) is 13.2 Å². The molecule has 5 nitrogen and oxygen atoms in total. The van der Waals surface area contributed by atoms with Crippen LogP contribution in [0.25, 0.3) is 0 Å². The van der Waals surface area contributed by atoms with E-state index in [2.05, 4.69) is 5.32 Å². The number of carbonyl (C=O) groups is 1. The molecule has 0 aliphatic heterocycles. The van der Waals surface area contributed by atoms with Gasteiger partial charge in [-0.05, 0) is 30.5 Å². The predicted molar refractivity (Wildman–Crippen MR) is 108 cm³/mol. The molecule has 0 bridgehead atoms. The minimum Gasteiger partial charge on any atom is -0.485 e. The molecule has 0 saturated heterocycles. The summed E-state index contributed by atoms with van der Waals surface area (Å²) in [5, 5.41) is 3.06. The van der Waals surface area contributed by atoms with Crippen LogP contribution in [0.15, 0.2) is 54.6 Å². The van der Waals surface area contributed by atoms with Crippen LogP contribution in [0.4, 0.5) is 0 Å². The van der Waals surface area contributed by atoms with Crippen LogP contribution in [0.2, 0.25) is 0 Å². The summed E-state index contributed by atoms with van der Waals surface area (Å²) in [6.07, 6.45) is 4.08. The van der Waals surface area contributed by atoms with E-state index in [9.17, 15) is 4.79 Å². The predicted octanol–water partition coefficient (Wildman–Crippen LogP) is 3.45. The number of nitrogens with two attached hydrogens (primary N) is 1. The average molecular weight is 391 g/mol. The van der Waals surface area contributed by atoms with Crippen LogP contribution >= 0.6 is 12.4 Å². The summed E-state index contributed by atoms with van der Waals surface area (Å²) in [6.45, 7) is 0.868. The second-order valence-electron chi connectivity index (χ2n) is 6.75. The summed E-state index contributed by atoms with van der Waals surface area (Å²) in [5.74, 6) is 1.04. The molecule has 1 aliphatic rings. The number of nitrogens with one attached hydrogen (secondary N) is 1. The number of rotatable bonds is 8. The Morgan fingerprint density at radius 3 is 2.19 bits per heavy atom. The Hall–Kier alpha value is -2.24. The van der Waals surface area contributed by atoms with Gasteiger partial charge in [0.15, 0.2) is 18.1 Å². The van der Waals surface area contributed by atoms with Gasteiger partial charge in [-0.2, -0.15) is 0 Å². The molecule has 0 heterocycles. The second-order valence-corrected chi connectivity index (χ2v) is 6.75. The summed E-state index contributed by atoms with van der Waals surface area (Å²) < 4.78 is 11.6. The Bertz CT molecular complexity index is 718. The smallest absolute Gasteiger partial charge is 0.258 e. The first-order chi connectivity index (χ1) is 12.7. The minimum absolute atomic E-state index is 0. The van der Waals surface area contributed by atoms with Gasteiger partial charge >= 0.3 is 0 Å². The van der Waals surface area contributed by atoms with Gasteiger partial charge in [0.05, 0.1) is 5.54 Å². The van der Waals surface area contributed by atoms with E-state index < -0.39 is 0 Å². The lowest BCUT2D eigenvalue weighted by molar-refractivity contribution is -0.125. The SMILES string of the molecule is Cl.NCC1(NC(=O)COc2ccccc2OCc2ccccc2)CCCC1. The van der Waals surface area contributed by atoms with Crippen LogP contribution in [-0.4, -0.2) is 24.6 Å². The monoisotopic (exact) mass is 390 g/mol. The molecular weight excluding hydrogens is 364 g/mol. The quantitative estimate of drug-likeness (QED) is 0.724. The third-order valence-corrected chi connectivity index (χ3v) is 4.80. The first-order valence-electron chi connectivity index (χ1n) is 9.10. The highest BCUT2D eigenvalue weighted by Gasteiger charge is 2.33. The van der Waals surface area contributed by atoms with Crippen LogP contribution in [0.5, 0.6) is 11.5 Å². The molecule has 1 saturated carbocycles. The normalized spacial score (nSPS) is 14.9. The van der Waals surface area contributed by atoms with Gasteiger partial charge in [0.1, 0.15) is 6.61 Å². The van der Waals surface area contributed by atoms with Gasteiger partial charge in [-0.25, -0.2) is 0 Å². The van der Waals surface area contributed by atoms with E-state index in [4.69, 9.17) is 15.2 Å². The number of benzene rings is 2. The zero-order chi connectivity index (χ0) is 18.2. The summed E-state index contributed by atoms with van der Waals surface area (Å²) in [7, 11) is 0. The van der Waals surface area contributed by atoms with Crippen LogP contribution in [-0.2, 0) is 11.4 Å². The van der Waals surface area contributed by atoms with Gasteiger partial charge in [0, 0.05) is 6.54 Å². The zero-order valence-corrected chi connectivity index (χ0v) is 16.2. The fraction of sp³-hybridized carbons (Fsp3) is 0.381. The maximum absolute atomic E-state index is 12.3. The van der Waals surface area contributed by atoms with Crippen molar-refractivity contribution in [3.05, 3.63) is 60.2 Å². The molecule has 0 radical (unpaired) electrons. The lowest BCUT2D eigenvalue weighted by Gasteiger charge is -2.28. The van der Waals surface area contributed by atoms with Crippen molar-refractivity contribution in [3.8, 4) is 11.5 Å². The highest BCUT2D eigenvalue weighted by atomic mass is 35.5. The second kappa shape index (κ2) is 10.2. The lowest BCUT2D eigenvalue weighted by Crippen LogP contribution is -2.52. The van der Waals surface area contributed by atoms with Crippen molar-refractivity contribution < 1.29 is 14.3 Å². The lowest BCUT2D eigenvalue weighted by atomic mass is 9.98. The molecule has 0 spiro atoms. The van der Waals surface area contributed by atoms with Gasteiger partial charge in [-0.15, -0.1) is 12.4 Å². The van der Waals surface area contributed by atoms with Gasteiger partial charge in [-0.3, -0.25) is 4.79 Å². The van der Waals surface area contributed by atoms with E-state index in [-0.39, 0.29) is 30.5 Å². The number of hydrogen-bond donors (Lipinski definition) is 2. The van der Waals surface area contributed by atoms with Crippen LogP contribution in [0.1, 0.15) is 31.2 Å². The Kier molecular flexibility index (Phi) is 7.95. The molecule has 1 aliphatic carbocycles. The maximum atomic E-state index is 12.3. The highest BCUT2D eigenvalue weighted by Crippen LogP contribution is 2.29. The standard InChI is InChI=1S/C21H26N2O3.ClH/c22-16-21(12-6-7-13-21)23-20(24)15-26-19-11-5-4-10-18(19)25-14-17-8-2-1-3-9-17;/h1-5,8-11H,6-7,12-16,22H2,(H,23,24);1H. The molecule has 0 atom stereocenters. The van der Waals surface area contributed by atoms with Gasteiger partial charge < -0.3 is 20.5 Å². The van der Waals surface area contributed by atoms with E-state index in [0.717, 1.165) is 31.2 Å². The summed E-state index contributed by atoms with van der Waals surface area (Å²) in [6, 6.07) is 17.3. The molecule has 6 heteroatoms.